The van der Waals surface area contributed by atoms with Gasteiger partial charge < -0.3 is 14.4 Å². The highest BCUT2D eigenvalue weighted by Crippen LogP contribution is 2.62. The molecule has 0 unspecified atom stereocenters. The van der Waals surface area contributed by atoms with Crippen LogP contribution in [0.4, 0.5) is 11.4 Å². The molecule has 2 rings (SSSR count). The first-order valence-electron chi connectivity index (χ1n) is 8.83. The number of non-ortho nitro benzene ring substituents is 1. The summed E-state index contributed by atoms with van der Waals surface area (Å²) in [4.78, 5) is 10.4. The lowest BCUT2D eigenvalue weighted by Crippen LogP contribution is -2.19. The number of nitrogens with zero attached hydrogens (tertiary/aromatic N) is 1. The van der Waals surface area contributed by atoms with E-state index < -0.39 is 18.3 Å². The second-order valence-electron chi connectivity index (χ2n) is 6.75. The molecule has 0 aliphatic heterocycles. The number of halogens is 1. The summed E-state index contributed by atoms with van der Waals surface area (Å²) >= 11 is 5.99. The molecule has 0 aromatic heterocycles. The van der Waals surface area contributed by atoms with Gasteiger partial charge in [-0.3, -0.25) is 14.7 Å². The van der Waals surface area contributed by atoms with Crippen LogP contribution in [0.3, 0.4) is 0 Å². The topological polar surface area (TPSA) is 90.7 Å². The zero-order valence-corrected chi connectivity index (χ0v) is 17.8. The van der Waals surface area contributed by atoms with E-state index in [1.54, 1.807) is 64.1 Å². The van der Waals surface area contributed by atoms with Crippen LogP contribution in [-0.2, 0) is 13.6 Å². The van der Waals surface area contributed by atoms with Gasteiger partial charge in [-0.2, -0.15) is 0 Å². The van der Waals surface area contributed by atoms with E-state index in [-0.39, 0.29) is 17.9 Å². The number of rotatable bonds is 9. The Labute approximate surface area is 169 Å². The molecule has 1 atom stereocenters. The largest absolute Gasteiger partial charge is 0.368 e. The summed E-state index contributed by atoms with van der Waals surface area (Å²) in [6.07, 6.45) is -0.670. The Morgan fingerprint density at radius 1 is 0.964 bits per heavy atom. The number of nitro benzene ring substituents is 1. The molecule has 2 aromatic carbocycles. The van der Waals surface area contributed by atoms with E-state index in [1.807, 2.05) is 0 Å². The number of hydrogen-bond donors (Lipinski definition) is 1. The van der Waals surface area contributed by atoms with Gasteiger partial charge in [-0.15, -0.1) is 0 Å². The van der Waals surface area contributed by atoms with Crippen molar-refractivity contribution in [1.82, 2.24) is 0 Å². The first kappa shape index (κ1) is 22.4. The molecule has 28 heavy (non-hydrogen) atoms. The molecule has 0 heterocycles. The molecule has 0 saturated carbocycles. The monoisotopic (exact) mass is 426 g/mol. The second kappa shape index (κ2) is 9.52. The van der Waals surface area contributed by atoms with Crippen molar-refractivity contribution < 1.29 is 18.5 Å². The zero-order chi connectivity index (χ0) is 20.9. The van der Waals surface area contributed by atoms with Gasteiger partial charge in [0.05, 0.1) is 17.1 Å². The van der Waals surface area contributed by atoms with Crippen molar-refractivity contribution in [2.45, 2.75) is 45.7 Å². The van der Waals surface area contributed by atoms with Crippen LogP contribution >= 0.6 is 19.2 Å². The highest BCUT2D eigenvalue weighted by atomic mass is 35.5. The first-order valence-corrected chi connectivity index (χ1v) is 10.8. The minimum atomic E-state index is -3.66. The van der Waals surface area contributed by atoms with E-state index in [1.165, 1.54) is 12.1 Å². The lowest BCUT2D eigenvalue weighted by Gasteiger charge is -2.31. The van der Waals surface area contributed by atoms with E-state index >= 15 is 0 Å². The molecule has 7 nitrogen and oxygen atoms in total. The molecule has 0 spiro atoms. The maximum Gasteiger partial charge on any atom is 0.357 e. The lowest BCUT2D eigenvalue weighted by molar-refractivity contribution is -0.384. The van der Waals surface area contributed by atoms with Crippen molar-refractivity contribution in [3.8, 4) is 0 Å². The number of nitrogens with one attached hydrogen (secondary N) is 1. The van der Waals surface area contributed by atoms with Gasteiger partial charge in [-0.1, -0.05) is 23.7 Å². The molecular weight excluding hydrogens is 403 g/mol. The van der Waals surface area contributed by atoms with E-state index in [9.17, 15) is 14.7 Å². The molecule has 2 aromatic rings. The summed E-state index contributed by atoms with van der Waals surface area (Å²) in [7, 11) is -3.66. The Morgan fingerprint density at radius 2 is 1.46 bits per heavy atom. The minimum Gasteiger partial charge on any atom is -0.368 e. The molecule has 152 valence electrons. The van der Waals surface area contributed by atoms with Crippen LogP contribution in [0.2, 0.25) is 5.02 Å². The van der Waals surface area contributed by atoms with Crippen LogP contribution in [0, 0.1) is 10.1 Å². The molecule has 9 heteroatoms. The fraction of sp³-hybridized carbons (Fsp3) is 0.368. The third kappa shape index (κ3) is 6.04. The molecular formula is C19H24ClN2O5P. The van der Waals surface area contributed by atoms with Crippen LogP contribution < -0.4 is 5.32 Å². The van der Waals surface area contributed by atoms with Crippen molar-refractivity contribution in [3.05, 3.63) is 69.2 Å². The Morgan fingerprint density at radius 3 is 1.89 bits per heavy atom. The van der Waals surface area contributed by atoms with Gasteiger partial charge in [0, 0.05) is 22.8 Å². The highest BCUT2D eigenvalue weighted by Gasteiger charge is 2.39. The Balaban J connectivity index is 2.46. The molecule has 0 fully saturated rings. The van der Waals surface area contributed by atoms with Gasteiger partial charge in [0.25, 0.3) is 5.69 Å². The predicted octanol–water partition coefficient (Wildman–Crippen LogP) is 6.40. The van der Waals surface area contributed by atoms with Crippen LogP contribution in [0.1, 0.15) is 39.0 Å². The normalized spacial score (nSPS) is 13.0. The van der Waals surface area contributed by atoms with Crippen LogP contribution in [0.25, 0.3) is 0 Å². The maximum atomic E-state index is 13.8. The molecule has 0 bridgehead atoms. The van der Waals surface area contributed by atoms with Crippen molar-refractivity contribution in [2.24, 2.45) is 0 Å². The van der Waals surface area contributed by atoms with E-state index in [0.29, 0.717) is 16.3 Å². The average molecular weight is 427 g/mol. The fourth-order valence-electron chi connectivity index (χ4n) is 2.56. The number of benzene rings is 2. The first-order chi connectivity index (χ1) is 13.1. The Bertz CT molecular complexity index is 826. The Kier molecular flexibility index (Phi) is 7.61. The van der Waals surface area contributed by atoms with Gasteiger partial charge in [0.1, 0.15) is 0 Å². The zero-order valence-electron chi connectivity index (χ0n) is 16.2. The van der Waals surface area contributed by atoms with Crippen LogP contribution in [0.15, 0.2) is 48.5 Å². The summed E-state index contributed by atoms with van der Waals surface area (Å²) in [5.41, 5.74) is 1.17. The molecule has 1 N–H and O–H groups in total. The molecule has 0 saturated heterocycles. The molecule has 0 aliphatic rings. The smallest absolute Gasteiger partial charge is 0.357 e. The summed E-state index contributed by atoms with van der Waals surface area (Å²) in [6.45, 7) is 7.12. The van der Waals surface area contributed by atoms with E-state index in [2.05, 4.69) is 5.32 Å². The van der Waals surface area contributed by atoms with Crippen molar-refractivity contribution in [2.75, 3.05) is 5.32 Å². The predicted molar refractivity (Wildman–Crippen MR) is 111 cm³/mol. The second-order valence-corrected chi connectivity index (χ2v) is 9.20. The van der Waals surface area contributed by atoms with Gasteiger partial charge in [-0.25, -0.2) is 0 Å². The van der Waals surface area contributed by atoms with Gasteiger partial charge in [0.15, 0.2) is 5.78 Å². The number of anilines is 1. The highest BCUT2D eigenvalue weighted by molar-refractivity contribution is 7.54. The summed E-state index contributed by atoms with van der Waals surface area (Å²) in [6, 6.07) is 12.7. The maximum absolute atomic E-state index is 13.8. The van der Waals surface area contributed by atoms with Crippen molar-refractivity contribution >= 4 is 30.6 Å². The number of nitro groups is 1. The molecule has 0 aliphatic carbocycles. The van der Waals surface area contributed by atoms with Crippen LogP contribution in [0.5, 0.6) is 0 Å². The van der Waals surface area contributed by atoms with Crippen LogP contribution in [-0.4, -0.2) is 17.1 Å². The fourth-order valence-corrected chi connectivity index (χ4v) is 5.00. The minimum absolute atomic E-state index is 0.0337. The van der Waals surface area contributed by atoms with Gasteiger partial charge in [0.2, 0.25) is 0 Å². The average Bonchev–Trinajstić information content (AvgIpc) is 2.59. The van der Waals surface area contributed by atoms with Crippen molar-refractivity contribution in [3.63, 3.8) is 0 Å². The van der Waals surface area contributed by atoms with E-state index in [0.717, 1.165) is 0 Å². The third-order valence-corrected chi connectivity index (χ3v) is 6.34. The van der Waals surface area contributed by atoms with Crippen molar-refractivity contribution in [1.29, 1.82) is 0 Å². The summed E-state index contributed by atoms with van der Waals surface area (Å²) in [5.74, 6) is -0.823. The lowest BCUT2D eigenvalue weighted by atomic mass is 10.2. The quantitative estimate of drug-likeness (QED) is 0.283. The SMILES string of the molecule is CC(C)OP(=O)(OC(C)C)[C@@H](Nc1ccc([N+](=O)[O-])cc1)c1ccc(Cl)cc1. The van der Waals surface area contributed by atoms with E-state index in [4.69, 9.17) is 20.6 Å². The third-order valence-electron chi connectivity index (χ3n) is 3.60. The molecule has 0 radical (unpaired) electrons. The summed E-state index contributed by atoms with van der Waals surface area (Å²) < 4.78 is 25.3. The van der Waals surface area contributed by atoms with Gasteiger partial charge >= 0.3 is 7.60 Å². The molecule has 0 amide bonds. The van der Waals surface area contributed by atoms with Gasteiger partial charge in [-0.05, 0) is 57.5 Å². The number of hydrogen-bond acceptors (Lipinski definition) is 6. The Hall–Kier alpha value is -1.92. The summed E-state index contributed by atoms with van der Waals surface area (Å²) in [5, 5.41) is 14.6. The standard InChI is InChI=1S/C19H24ClN2O5P/c1-13(2)26-28(25,27-14(3)4)19(15-5-7-16(20)8-6-15)21-17-9-11-18(12-10-17)22(23)24/h5-14,19,21H,1-4H3/t19-/m1/s1.